The van der Waals surface area contributed by atoms with Gasteiger partial charge >= 0.3 is 5.97 Å². The standard InChI is InChI=1S/C17H22N6O3/c1-9(2)13(22-14(24)11-6-4-5-10(3)7-11)15(25)26-8-12-20-16(18)23-17(19)21-12/h4-7,9,13H,8H2,1-3H3,(H,22,24)(H4,18,19,20,21,23)/t13-/m0/s1. The summed E-state index contributed by atoms with van der Waals surface area (Å²) in [4.78, 5) is 36.1. The summed E-state index contributed by atoms with van der Waals surface area (Å²) < 4.78 is 5.20. The summed E-state index contributed by atoms with van der Waals surface area (Å²) in [6.45, 7) is 5.28. The molecule has 1 aromatic carbocycles. The number of aromatic nitrogens is 3. The number of hydrogen-bond donors (Lipinski definition) is 3. The van der Waals surface area contributed by atoms with E-state index in [0.29, 0.717) is 5.56 Å². The highest BCUT2D eigenvalue weighted by Crippen LogP contribution is 2.10. The van der Waals surface area contributed by atoms with Gasteiger partial charge in [0.15, 0.2) is 12.4 Å². The molecule has 0 aliphatic rings. The number of rotatable bonds is 6. The molecule has 0 saturated carbocycles. The number of ether oxygens (including phenoxy) is 1. The lowest BCUT2D eigenvalue weighted by molar-refractivity contribution is -0.148. The second kappa shape index (κ2) is 8.24. The van der Waals surface area contributed by atoms with Crippen molar-refractivity contribution in [2.24, 2.45) is 5.92 Å². The van der Waals surface area contributed by atoms with Crippen LogP contribution in [0.25, 0.3) is 0 Å². The average molecular weight is 358 g/mol. The Morgan fingerprint density at radius 2 is 1.81 bits per heavy atom. The van der Waals surface area contributed by atoms with E-state index in [2.05, 4.69) is 20.3 Å². The molecule has 0 fully saturated rings. The van der Waals surface area contributed by atoms with Crippen molar-refractivity contribution >= 4 is 23.8 Å². The van der Waals surface area contributed by atoms with Gasteiger partial charge in [-0.2, -0.15) is 15.0 Å². The first-order chi connectivity index (χ1) is 12.3. The Kier molecular flexibility index (Phi) is 6.05. The average Bonchev–Trinajstić information content (AvgIpc) is 2.56. The molecule has 0 unspecified atom stereocenters. The molecule has 0 saturated heterocycles. The topological polar surface area (TPSA) is 146 Å². The van der Waals surface area contributed by atoms with E-state index in [0.717, 1.165) is 5.56 Å². The van der Waals surface area contributed by atoms with E-state index >= 15 is 0 Å². The van der Waals surface area contributed by atoms with Gasteiger partial charge in [0, 0.05) is 5.56 Å². The zero-order chi connectivity index (χ0) is 19.3. The predicted molar refractivity (Wildman–Crippen MR) is 95.7 cm³/mol. The lowest BCUT2D eigenvalue weighted by Gasteiger charge is -2.20. The maximum atomic E-state index is 12.4. The molecular weight excluding hydrogens is 336 g/mol. The maximum Gasteiger partial charge on any atom is 0.329 e. The molecule has 1 amide bonds. The minimum absolute atomic E-state index is 0.0586. The van der Waals surface area contributed by atoms with Gasteiger partial charge in [-0.05, 0) is 25.0 Å². The molecule has 2 aromatic rings. The van der Waals surface area contributed by atoms with Crippen molar-refractivity contribution in [2.75, 3.05) is 11.5 Å². The molecule has 2 rings (SSSR count). The first-order valence-corrected chi connectivity index (χ1v) is 8.06. The fourth-order valence-electron chi connectivity index (χ4n) is 2.26. The van der Waals surface area contributed by atoms with Gasteiger partial charge in [-0.1, -0.05) is 31.5 Å². The number of aryl methyl sites for hydroxylation is 1. The number of esters is 1. The lowest BCUT2D eigenvalue weighted by Crippen LogP contribution is -2.45. The molecule has 1 heterocycles. The zero-order valence-electron chi connectivity index (χ0n) is 14.9. The third-order valence-electron chi connectivity index (χ3n) is 3.55. The highest BCUT2D eigenvalue weighted by molar-refractivity contribution is 5.97. The zero-order valence-corrected chi connectivity index (χ0v) is 14.9. The van der Waals surface area contributed by atoms with Crippen LogP contribution < -0.4 is 16.8 Å². The van der Waals surface area contributed by atoms with E-state index in [4.69, 9.17) is 16.2 Å². The minimum atomic E-state index is -0.820. The van der Waals surface area contributed by atoms with Crippen molar-refractivity contribution < 1.29 is 14.3 Å². The molecule has 0 bridgehead atoms. The summed E-state index contributed by atoms with van der Waals surface area (Å²) in [6.07, 6.45) is 0. The molecular formula is C17H22N6O3. The molecule has 9 heteroatoms. The number of anilines is 2. The third kappa shape index (κ3) is 5.13. The van der Waals surface area contributed by atoms with Gasteiger partial charge in [-0.15, -0.1) is 0 Å². The second-order valence-electron chi connectivity index (χ2n) is 6.14. The normalized spacial score (nSPS) is 11.8. The fourth-order valence-corrected chi connectivity index (χ4v) is 2.26. The number of nitrogen functional groups attached to an aromatic ring is 2. The largest absolute Gasteiger partial charge is 0.456 e. The lowest BCUT2D eigenvalue weighted by atomic mass is 10.0. The molecule has 0 aliphatic carbocycles. The molecule has 9 nitrogen and oxygen atoms in total. The summed E-state index contributed by atoms with van der Waals surface area (Å²) in [7, 11) is 0. The van der Waals surface area contributed by atoms with Crippen molar-refractivity contribution in [3.8, 4) is 0 Å². The minimum Gasteiger partial charge on any atom is -0.456 e. The van der Waals surface area contributed by atoms with Crippen LogP contribution in [0, 0.1) is 12.8 Å². The van der Waals surface area contributed by atoms with Gasteiger partial charge in [0.05, 0.1) is 0 Å². The Hall–Kier alpha value is -3.23. The van der Waals surface area contributed by atoms with Gasteiger partial charge in [-0.25, -0.2) is 4.79 Å². The van der Waals surface area contributed by atoms with Crippen LogP contribution in [-0.4, -0.2) is 32.9 Å². The SMILES string of the molecule is Cc1cccc(C(=O)N[C@H](C(=O)OCc2nc(N)nc(N)n2)C(C)C)c1. The van der Waals surface area contributed by atoms with E-state index in [9.17, 15) is 9.59 Å². The first-order valence-electron chi connectivity index (χ1n) is 8.06. The van der Waals surface area contributed by atoms with Crippen LogP contribution in [0.2, 0.25) is 0 Å². The first kappa shape index (κ1) is 19.1. The van der Waals surface area contributed by atoms with Gasteiger partial charge in [-0.3, -0.25) is 4.79 Å². The van der Waals surface area contributed by atoms with Crippen LogP contribution in [-0.2, 0) is 16.1 Å². The number of benzene rings is 1. The summed E-state index contributed by atoms with van der Waals surface area (Å²) in [5.74, 6) is -1.11. The summed E-state index contributed by atoms with van der Waals surface area (Å²) in [6, 6.07) is 6.27. The van der Waals surface area contributed by atoms with Gasteiger partial charge in [0.1, 0.15) is 6.04 Å². The van der Waals surface area contributed by atoms with Crippen LogP contribution in [0.5, 0.6) is 0 Å². The van der Waals surface area contributed by atoms with E-state index in [1.165, 1.54) is 0 Å². The number of amides is 1. The Morgan fingerprint density at radius 1 is 1.15 bits per heavy atom. The summed E-state index contributed by atoms with van der Waals surface area (Å²) in [5.41, 5.74) is 12.4. The number of nitrogens with two attached hydrogens (primary N) is 2. The molecule has 0 spiro atoms. The third-order valence-corrected chi connectivity index (χ3v) is 3.55. The number of hydrogen-bond acceptors (Lipinski definition) is 8. The van der Waals surface area contributed by atoms with Crippen molar-refractivity contribution in [2.45, 2.75) is 33.4 Å². The second-order valence-corrected chi connectivity index (χ2v) is 6.14. The van der Waals surface area contributed by atoms with Crippen molar-refractivity contribution in [3.63, 3.8) is 0 Å². The molecule has 5 N–H and O–H groups in total. The number of nitrogens with one attached hydrogen (secondary N) is 1. The van der Waals surface area contributed by atoms with Crippen molar-refractivity contribution in [3.05, 3.63) is 41.2 Å². The van der Waals surface area contributed by atoms with Crippen LogP contribution >= 0.6 is 0 Å². The van der Waals surface area contributed by atoms with E-state index < -0.39 is 12.0 Å². The van der Waals surface area contributed by atoms with Gasteiger partial charge in [0.2, 0.25) is 11.9 Å². The van der Waals surface area contributed by atoms with Crippen molar-refractivity contribution in [1.29, 1.82) is 0 Å². The Bertz CT molecular complexity index is 789. The summed E-state index contributed by atoms with van der Waals surface area (Å²) >= 11 is 0. The predicted octanol–water partition coefficient (Wildman–Crippen LogP) is 0.842. The van der Waals surface area contributed by atoms with Crippen molar-refractivity contribution in [1.82, 2.24) is 20.3 Å². The van der Waals surface area contributed by atoms with Gasteiger partial charge in [0.25, 0.3) is 5.91 Å². The number of carbonyl (C=O) groups is 2. The highest BCUT2D eigenvalue weighted by Gasteiger charge is 2.26. The molecule has 138 valence electrons. The van der Waals surface area contributed by atoms with Crippen LogP contribution in [0.15, 0.2) is 24.3 Å². The summed E-state index contributed by atoms with van der Waals surface area (Å²) in [5, 5.41) is 2.70. The Balaban J connectivity index is 2.03. The van der Waals surface area contributed by atoms with Crippen LogP contribution in [0.4, 0.5) is 11.9 Å². The molecule has 0 radical (unpaired) electrons. The molecule has 0 aliphatic heterocycles. The van der Waals surface area contributed by atoms with E-state index in [1.807, 2.05) is 13.0 Å². The van der Waals surface area contributed by atoms with Gasteiger partial charge < -0.3 is 21.5 Å². The smallest absolute Gasteiger partial charge is 0.329 e. The van der Waals surface area contributed by atoms with Crippen LogP contribution in [0.3, 0.4) is 0 Å². The maximum absolute atomic E-state index is 12.4. The molecule has 26 heavy (non-hydrogen) atoms. The quantitative estimate of drug-likeness (QED) is 0.644. The fraction of sp³-hybridized carbons (Fsp3) is 0.353. The number of nitrogens with zero attached hydrogens (tertiary/aromatic N) is 3. The molecule has 1 aromatic heterocycles. The van der Waals surface area contributed by atoms with E-state index in [1.54, 1.807) is 32.0 Å². The molecule has 1 atom stereocenters. The monoisotopic (exact) mass is 358 g/mol. The number of carbonyl (C=O) groups excluding carboxylic acids is 2. The Morgan fingerprint density at radius 3 is 2.38 bits per heavy atom. The highest BCUT2D eigenvalue weighted by atomic mass is 16.5. The Labute approximate surface area is 151 Å². The van der Waals surface area contributed by atoms with E-state index in [-0.39, 0.29) is 36.2 Å². The van der Waals surface area contributed by atoms with Crippen LogP contribution in [0.1, 0.15) is 35.6 Å².